The van der Waals surface area contributed by atoms with Crippen LogP contribution in [0.15, 0.2) is 53.7 Å². The summed E-state index contributed by atoms with van der Waals surface area (Å²) in [5, 5.41) is 10.5. The van der Waals surface area contributed by atoms with Crippen molar-refractivity contribution >= 4 is 28.5 Å². The van der Waals surface area contributed by atoms with E-state index in [1.54, 1.807) is 19.2 Å². The lowest BCUT2D eigenvalue weighted by Gasteiger charge is -2.24. The number of H-pyrrole nitrogens is 1. The van der Waals surface area contributed by atoms with Gasteiger partial charge in [-0.25, -0.2) is 4.39 Å². The van der Waals surface area contributed by atoms with E-state index in [1.807, 2.05) is 30.5 Å². The molecule has 0 spiro atoms. The zero-order chi connectivity index (χ0) is 21.6. The molecule has 4 N–H and O–H groups in total. The SMILES string of the molecule is CN=C(NCCc1c[nH]c2ccc(F)cc12)NCc1cccc(NC(=O)C2CCC2)c1. The monoisotopic (exact) mass is 421 g/mol. The molecule has 162 valence electrons. The number of halogens is 1. The molecule has 0 saturated heterocycles. The van der Waals surface area contributed by atoms with Crippen LogP contribution in [0.3, 0.4) is 0 Å². The first kappa shape index (κ1) is 20.9. The molecule has 1 fully saturated rings. The Labute approximate surface area is 181 Å². The molecule has 1 heterocycles. The number of aliphatic imine (C=N–C) groups is 1. The third-order valence-electron chi connectivity index (χ3n) is 5.77. The zero-order valence-corrected chi connectivity index (χ0v) is 17.7. The van der Waals surface area contributed by atoms with E-state index >= 15 is 0 Å². The number of amides is 1. The summed E-state index contributed by atoms with van der Waals surface area (Å²) in [5.41, 5.74) is 3.88. The van der Waals surface area contributed by atoms with Gasteiger partial charge in [-0.3, -0.25) is 9.79 Å². The normalized spacial score (nSPS) is 14.3. The second kappa shape index (κ2) is 9.64. The van der Waals surface area contributed by atoms with E-state index in [2.05, 4.69) is 25.9 Å². The summed E-state index contributed by atoms with van der Waals surface area (Å²) in [5.74, 6) is 0.740. The Morgan fingerprint density at radius 1 is 1.19 bits per heavy atom. The number of rotatable bonds is 7. The number of nitrogens with one attached hydrogen (secondary N) is 4. The van der Waals surface area contributed by atoms with E-state index in [0.717, 1.165) is 53.4 Å². The van der Waals surface area contributed by atoms with Gasteiger partial charge < -0.3 is 20.9 Å². The molecule has 4 rings (SSSR count). The first-order valence-electron chi connectivity index (χ1n) is 10.7. The molecule has 1 amide bonds. The maximum atomic E-state index is 13.5. The molecule has 7 heteroatoms. The second-order valence-corrected chi connectivity index (χ2v) is 7.92. The highest BCUT2D eigenvalue weighted by atomic mass is 19.1. The number of anilines is 1. The average molecular weight is 422 g/mol. The van der Waals surface area contributed by atoms with Crippen LogP contribution < -0.4 is 16.0 Å². The molecule has 3 aromatic rings. The topological polar surface area (TPSA) is 81.3 Å². The number of fused-ring (bicyclic) bond motifs is 1. The fraction of sp³-hybridized carbons (Fsp3) is 0.333. The minimum absolute atomic E-state index is 0.117. The van der Waals surface area contributed by atoms with Gasteiger partial charge in [0.1, 0.15) is 5.82 Å². The van der Waals surface area contributed by atoms with Crippen LogP contribution in [0.4, 0.5) is 10.1 Å². The van der Waals surface area contributed by atoms with Gasteiger partial charge in [-0.2, -0.15) is 0 Å². The quantitative estimate of drug-likeness (QED) is 0.344. The Hall–Kier alpha value is -3.35. The molecule has 0 bridgehead atoms. The molecule has 1 saturated carbocycles. The van der Waals surface area contributed by atoms with Crippen LogP contribution in [0.25, 0.3) is 10.9 Å². The van der Waals surface area contributed by atoms with Crippen LogP contribution in [-0.4, -0.2) is 30.4 Å². The van der Waals surface area contributed by atoms with E-state index in [1.165, 1.54) is 6.07 Å². The van der Waals surface area contributed by atoms with Crippen LogP contribution in [0.5, 0.6) is 0 Å². The first-order chi connectivity index (χ1) is 15.1. The molecule has 0 radical (unpaired) electrons. The maximum absolute atomic E-state index is 13.5. The Kier molecular flexibility index (Phi) is 6.50. The largest absolute Gasteiger partial charge is 0.361 e. The molecule has 0 atom stereocenters. The average Bonchev–Trinajstić information content (AvgIpc) is 3.11. The van der Waals surface area contributed by atoms with Gasteiger partial charge in [0, 0.05) is 48.8 Å². The van der Waals surface area contributed by atoms with Crippen molar-refractivity contribution in [3.05, 3.63) is 65.6 Å². The van der Waals surface area contributed by atoms with Crippen LogP contribution >= 0.6 is 0 Å². The number of guanidine groups is 1. The molecule has 0 aliphatic heterocycles. The lowest BCUT2D eigenvalue weighted by Crippen LogP contribution is -2.37. The van der Waals surface area contributed by atoms with E-state index in [4.69, 9.17) is 0 Å². The summed E-state index contributed by atoms with van der Waals surface area (Å²) < 4.78 is 13.5. The summed E-state index contributed by atoms with van der Waals surface area (Å²) in [6.07, 6.45) is 5.79. The number of carbonyl (C=O) groups excluding carboxylic acids is 1. The number of aromatic nitrogens is 1. The van der Waals surface area contributed by atoms with Crippen molar-refractivity contribution in [2.24, 2.45) is 10.9 Å². The van der Waals surface area contributed by atoms with Gasteiger partial charge in [0.05, 0.1) is 0 Å². The highest BCUT2D eigenvalue weighted by molar-refractivity contribution is 5.93. The number of hydrogen-bond acceptors (Lipinski definition) is 2. The summed E-state index contributed by atoms with van der Waals surface area (Å²) in [7, 11) is 1.73. The predicted octanol–water partition coefficient (Wildman–Crippen LogP) is 3.95. The molecule has 6 nitrogen and oxygen atoms in total. The number of aromatic amines is 1. The maximum Gasteiger partial charge on any atom is 0.227 e. The fourth-order valence-corrected chi connectivity index (χ4v) is 3.75. The Morgan fingerprint density at radius 3 is 2.84 bits per heavy atom. The number of benzene rings is 2. The van der Waals surface area contributed by atoms with Crippen molar-refractivity contribution in [2.75, 3.05) is 18.9 Å². The lowest BCUT2D eigenvalue weighted by molar-refractivity contribution is -0.122. The third-order valence-corrected chi connectivity index (χ3v) is 5.77. The smallest absolute Gasteiger partial charge is 0.227 e. The van der Waals surface area contributed by atoms with Crippen molar-refractivity contribution in [2.45, 2.75) is 32.2 Å². The van der Waals surface area contributed by atoms with Gasteiger partial charge >= 0.3 is 0 Å². The molecule has 0 unspecified atom stereocenters. The van der Waals surface area contributed by atoms with Crippen LogP contribution in [0, 0.1) is 11.7 Å². The van der Waals surface area contributed by atoms with Gasteiger partial charge in [-0.15, -0.1) is 0 Å². The third kappa shape index (κ3) is 5.23. The van der Waals surface area contributed by atoms with Crippen LogP contribution in [0.1, 0.15) is 30.4 Å². The Bertz CT molecular complexity index is 1090. The van der Waals surface area contributed by atoms with Crippen molar-refractivity contribution in [1.82, 2.24) is 15.6 Å². The minimum atomic E-state index is -0.232. The summed E-state index contributed by atoms with van der Waals surface area (Å²) in [6, 6.07) is 12.6. The summed E-state index contributed by atoms with van der Waals surface area (Å²) >= 11 is 0. The highest BCUT2D eigenvalue weighted by Gasteiger charge is 2.25. The fourth-order valence-electron chi connectivity index (χ4n) is 3.75. The van der Waals surface area contributed by atoms with Crippen molar-refractivity contribution in [3.8, 4) is 0 Å². The van der Waals surface area contributed by atoms with Crippen LogP contribution in [0.2, 0.25) is 0 Å². The molecule has 1 aliphatic carbocycles. The molecule has 2 aromatic carbocycles. The Balaban J connectivity index is 1.27. The first-order valence-corrected chi connectivity index (χ1v) is 10.7. The summed E-state index contributed by atoms with van der Waals surface area (Å²) in [4.78, 5) is 19.6. The van der Waals surface area contributed by atoms with Crippen molar-refractivity contribution in [3.63, 3.8) is 0 Å². The van der Waals surface area contributed by atoms with E-state index in [-0.39, 0.29) is 17.6 Å². The number of nitrogens with zero attached hydrogens (tertiary/aromatic N) is 1. The standard InChI is InChI=1S/C24H28FN5O/c1-26-24(27-11-10-18-15-28-22-9-8-19(25)13-21(18)22)29-14-16-4-2-7-20(12-16)30-23(31)17-5-3-6-17/h2,4,7-9,12-13,15,17,28H,3,5-6,10-11,14H2,1H3,(H,30,31)(H2,26,27,29). The van der Waals surface area contributed by atoms with Gasteiger partial charge in [-0.1, -0.05) is 18.6 Å². The summed E-state index contributed by atoms with van der Waals surface area (Å²) in [6.45, 7) is 1.26. The van der Waals surface area contributed by atoms with E-state index in [0.29, 0.717) is 19.0 Å². The van der Waals surface area contributed by atoms with Gasteiger partial charge in [0.2, 0.25) is 5.91 Å². The molecule has 1 aromatic heterocycles. The Morgan fingerprint density at radius 2 is 2.06 bits per heavy atom. The van der Waals surface area contributed by atoms with Crippen molar-refractivity contribution < 1.29 is 9.18 Å². The number of hydrogen-bond donors (Lipinski definition) is 4. The zero-order valence-electron chi connectivity index (χ0n) is 17.7. The molecule has 31 heavy (non-hydrogen) atoms. The van der Waals surface area contributed by atoms with Gasteiger partial charge in [0.25, 0.3) is 0 Å². The molecular formula is C24H28FN5O. The lowest BCUT2D eigenvalue weighted by atomic mass is 9.85. The number of carbonyl (C=O) groups is 1. The van der Waals surface area contributed by atoms with Gasteiger partial charge in [0.15, 0.2) is 5.96 Å². The van der Waals surface area contributed by atoms with Crippen molar-refractivity contribution in [1.29, 1.82) is 0 Å². The molecule has 1 aliphatic rings. The van der Waals surface area contributed by atoms with E-state index in [9.17, 15) is 9.18 Å². The predicted molar refractivity (Wildman–Crippen MR) is 123 cm³/mol. The van der Waals surface area contributed by atoms with E-state index < -0.39 is 0 Å². The highest BCUT2D eigenvalue weighted by Crippen LogP contribution is 2.27. The second-order valence-electron chi connectivity index (χ2n) is 7.92. The minimum Gasteiger partial charge on any atom is -0.361 e. The molecular weight excluding hydrogens is 393 g/mol. The van der Waals surface area contributed by atoms with Gasteiger partial charge in [-0.05, 0) is 60.7 Å². The van der Waals surface area contributed by atoms with Crippen LogP contribution in [-0.2, 0) is 17.8 Å².